The van der Waals surface area contributed by atoms with Crippen LogP contribution in [0.15, 0.2) is 133 Å². The lowest BCUT2D eigenvalue weighted by atomic mass is 9.87. The molecule has 0 aromatic heterocycles. The van der Waals surface area contributed by atoms with E-state index >= 15 is 0 Å². The first-order valence-corrected chi connectivity index (χ1v) is 11.5. The summed E-state index contributed by atoms with van der Waals surface area (Å²) in [7, 11) is 0. The predicted molar refractivity (Wildman–Crippen MR) is 145 cm³/mol. The van der Waals surface area contributed by atoms with Crippen molar-refractivity contribution in [2.24, 2.45) is 0 Å². The molecule has 6 aromatic carbocycles. The van der Waals surface area contributed by atoms with Crippen molar-refractivity contribution >= 4 is 21.5 Å². The Bertz CT molecular complexity index is 1670. The van der Waals surface area contributed by atoms with Gasteiger partial charge >= 0.3 is 0 Å². The fourth-order valence-corrected chi connectivity index (χ4v) is 4.70. The highest BCUT2D eigenvalue weighted by Crippen LogP contribution is 2.40. The Morgan fingerprint density at radius 3 is 1.62 bits per heavy atom. The minimum Gasteiger partial charge on any atom is -0.0622 e. The standard InChI is InChI=1S/C34H22/c1-4-12-25(13-5-1)20-22-30-29-18-10-11-19-31(29)34(27-16-8-3-9-17-27)32-23-21-28(24-33(30)32)26-14-6-2-7-15-26/h1-19,21,23-24H. The average Bonchev–Trinajstić information content (AvgIpc) is 2.92. The zero-order valence-corrected chi connectivity index (χ0v) is 18.7. The monoisotopic (exact) mass is 430 g/mol. The van der Waals surface area contributed by atoms with Crippen molar-refractivity contribution in [1.29, 1.82) is 0 Å². The lowest BCUT2D eigenvalue weighted by molar-refractivity contribution is 1.63. The van der Waals surface area contributed by atoms with Gasteiger partial charge in [-0.05, 0) is 62.0 Å². The van der Waals surface area contributed by atoms with Crippen molar-refractivity contribution in [3.8, 4) is 34.1 Å². The predicted octanol–water partition coefficient (Wildman–Crippen LogP) is 8.73. The Morgan fingerprint density at radius 2 is 0.912 bits per heavy atom. The molecule has 34 heavy (non-hydrogen) atoms. The maximum atomic E-state index is 3.55. The molecule has 0 saturated heterocycles. The molecule has 0 saturated carbocycles. The molecule has 6 aromatic rings. The zero-order chi connectivity index (χ0) is 22.7. The Morgan fingerprint density at radius 1 is 0.353 bits per heavy atom. The molecule has 0 heteroatoms. The number of benzene rings is 6. The van der Waals surface area contributed by atoms with Crippen molar-refractivity contribution in [2.45, 2.75) is 0 Å². The van der Waals surface area contributed by atoms with Crippen LogP contribution in [0.5, 0.6) is 0 Å². The van der Waals surface area contributed by atoms with Crippen LogP contribution in [-0.4, -0.2) is 0 Å². The van der Waals surface area contributed by atoms with Gasteiger partial charge in [-0.3, -0.25) is 0 Å². The second-order valence-corrected chi connectivity index (χ2v) is 8.40. The highest BCUT2D eigenvalue weighted by molar-refractivity contribution is 6.17. The Labute approximate surface area is 200 Å². The van der Waals surface area contributed by atoms with Crippen molar-refractivity contribution < 1.29 is 0 Å². The van der Waals surface area contributed by atoms with E-state index in [1.165, 1.54) is 43.8 Å². The van der Waals surface area contributed by atoms with Gasteiger partial charge in [-0.2, -0.15) is 0 Å². The van der Waals surface area contributed by atoms with Crippen LogP contribution in [0.3, 0.4) is 0 Å². The fourth-order valence-electron chi connectivity index (χ4n) is 4.70. The first-order valence-electron chi connectivity index (χ1n) is 11.5. The largest absolute Gasteiger partial charge is 0.0622 e. The van der Waals surface area contributed by atoms with Gasteiger partial charge in [-0.1, -0.05) is 127 Å². The normalized spacial score (nSPS) is 10.7. The molecule has 158 valence electrons. The molecule has 0 bridgehead atoms. The van der Waals surface area contributed by atoms with Crippen LogP contribution in [0.1, 0.15) is 11.1 Å². The minimum absolute atomic E-state index is 1.02. The van der Waals surface area contributed by atoms with Crippen LogP contribution in [-0.2, 0) is 0 Å². The van der Waals surface area contributed by atoms with Gasteiger partial charge in [0.15, 0.2) is 0 Å². The summed E-state index contributed by atoms with van der Waals surface area (Å²) < 4.78 is 0. The van der Waals surface area contributed by atoms with E-state index in [0.29, 0.717) is 0 Å². The maximum absolute atomic E-state index is 3.55. The topological polar surface area (TPSA) is 0 Å². The SMILES string of the molecule is C(#Cc1c2ccccc2c(-c2ccccc2)c2ccc(-c3ccccc3)cc12)c1ccccc1. The van der Waals surface area contributed by atoms with E-state index in [0.717, 1.165) is 11.1 Å². The summed E-state index contributed by atoms with van der Waals surface area (Å²) in [5.41, 5.74) is 6.98. The molecule has 6 rings (SSSR count). The molecule has 0 heterocycles. The third-order valence-electron chi connectivity index (χ3n) is 6.30. The Hall–Kier alpha value is -4.60. The number of hydrogen-bond acceptors (Lipinski definition) is 0. The molecule has 0 unspecified atom stereocenters. The van der Waals surface area contributed by atoms with E-state index in [4.69, 9.17) is 0 Å². The summed E-state index contributed by atoms with van der Waals surface area (Å²) >= 11 is 0. The van der Waals surface area contributed by atoms with Crippen LogP contribution < -0.4 is 0 Å². The van der Waals surface area contributed by atoms with Gasteiger partial charge < -0.3 is 0 Å². The van der Waals surface area contributed by atoms with Gasteiger partial charge in [-0.15, -0.1) is 0 Å². The fraction of sp³-hybridized carbons (Fsp3) is 0. The van der Waals surface area contributed by atoms with Crippen LogP contribution in [0.25, 0.3) is 43.8 Å². The van der Waals surface area contributed by atoms with E-state index in [9.17, 15) is 0 Å². The van der Waals surface area contributed by atoms with Crippen LogP contribution >= 0.6 is 0 Å². The molecule has 0 atom stereocenters. The van der Waals surface area contributed by atoms with Crippen LogP contribution in [0.4, 0.5) is 0 Å². The van der Waals surface area contributed by atoms with E-state index in [1.807, 2.05) is 18.2 Å². The third kappa shape index (κ3) is 3.64. The molecule has 0 aliphatic carbocycles. The summed E-state index contributed by atoms with van der Waals surface area (Å²) in [4.78, 5) is 0. The molecular weight excluding hydrogens is 408 g/mol. The quantitative estimate of drug-likeness (QED) is 0.190. The highest BCUT2D eigenvalue weighted by atomic mass is 14.2. The second-order valence-electron chi connectivity index (χ2n) is 8.40. The summed E-state index contributed by atoms with van der Waals surface area (Å²) in [5, 5.41) is 4.82. The highest BCUT2D eigenvalue weighted by Gasteiger charge is 2.15. The second kappa shape index (κ2) is 8.74. The van der Waals surface area contributed by atoms with E-state index in [-0.39, 0.29) is 0 Å². The van der Waals surface area contributed by atoms with Gasteiger partial charge in [0.2, 0.25) is 0 Å². The number of hydrogen-bond donors (Lipinski definition) is 0. The molecule has 0 amide bonds. The van der Waals surface area contributed by atoms with E-state index < -0.39 is 0 Å². The summed E-state index contributed by atoms with van der Waals surface area (Å²) in [6, 6.07) is 46.9. The summed E-state index contributed by atoms with van der Waals surface area (Å²) in [6.07, 6.45) is 0. The van der Waals surface area contributed by atoms with E-state index in [1.54, 1.807) is 0 Å². The van der Waals surface area contributed by atoms with E-state index in [2.05, 4.69) is 127 Å². The first-order chi connectivity index (χ1) is 16.9. The maximum Gasteiger partial charge on any atom is 0.0406 e. The lowest BCUT2D eigenvalue weighted by Gasteiger charge is -2.16. The van der Waals surface area contributed by atoms with Gasteiger partial charge in [0, 0.05) is 11.1 Å². The molecule has 0 aliphatic heterocycles. The zero-order valence-electron chi connectivity index (χ0n) is 18.7. The van der Waals surface area contributed by atoms with Gasteiger partial charge in [0.1, 0.15) is 0 Å². The molecule has 0 aliphatic rings. The molecule has 0 fully saturated rings. The Kier molecular flexibility index (Phi) is 5.15. The summed E-state index contributed by atoms with van der Waals surface area (Å²) in [6.45, 7) is 0. The van der Waals surface area contributed by atoms with Crippen molar-refractivity contribution in [3.63, 3.8) is 0 Å². The van der Waals surface area contributed by atoms with Crippen LogP contribution in [0, 0.1) is 11.8 Å². The molecule has 0 spiro atoms. The number of fused-ring (bicyclic) bond motifs is 2. The van der Waals surface area contributed by atoms with Gasteiger partial charge in [0.05, 0.1) is 0 Å². The molecule has 0 nitrogen and oxygen atoms in total. The molecular formula is C34H22. The first kappa shape index (κ1) is 20.0. The Balaban J connectivity index is 1.73. The van der Waals surface area contributed by atoms with Gasteiger partial charge in [-0.25, -0.2) is 0 Å². The van der Waals surface area contributed by atoms with Crippen LogP contribution in [0.2, 0.25) is 0 Å². The molecule has 0 radical (unpaired) electrons. The van der Waals surface area contributed by atoms with Gasteiger partial charge in [0.25, 0.3) is 0 Å². The smallest absolute Gasteiger partial charge is 0.0406 e. The average molecular weight is 431 g/mol. The summed E-state index contributed by atoms with van der Waals surface area (Å²) in [5.74, 6) is 6.97. The van der Waals surface area contributed by atoms with Crippen molar-refractivity contribution in [2.75, 3.05) is 0 Å². The van der Waals surface area contributed by atoms with Crippen molar-refractivity contribution in [3.05, 3.63) is 145 Å². The lowest BCUT2D eigenvalue weighted by Crippen LogP contribution is -1.91. The molecule has 0 N–H and O–H groups in total. The third-order valence-corrected chi connectivity index (χ3v) is 6.30. The number of rotatable bonds is 2. The van der Waals surface area contributed by atoms with Crippen molar-refractivity contribution in [1.82, 2.24) is 0 Å². The minimum atomic E-state index is 1.02.